The first-order valence-electron chi connectivity index (χ1n) is 5.98. The summed E-state index contributed by atoms with van der Waals surface area (Å²) < 4.78 is 0. The monoisotopic (exact) mass is 230 g/mol. The molecule has 0 saturated carbocycles. The lowest BCUT2D eigenvalue weighted by Gasteiger charge is -2.11. The number of rotatable bonds is 9. The van der Waals surface area contributed by atoms with Crippen LogP contribution in [0.15, 0.2) is 0 Å². The summed E-state index contributed by atoms with van der Waals surface area (Å²) in [5.74, 6) is -2.03. The highest BCUT2D eigenvalue weighted by atomic mass is 16.4. The van der Waals surface area contributed by atoms with Gasteiger partial charge in [-0.05, 0) is 25.7 Å². The number of hydrogen-bond acceptors (Lipinski definition) is 2. The summed E-state index contributed by atoms with van der Waals surface area (Å²) in [4.78, 5) is 21.5. The van der Waals surface area contributed by atoms with Gasteiger partial charge in [0, 0.05) is 0 Å². The van der Waals surface area contributed by atoms with E-state index in [1.54, 1.807) is 0 Å². The van der Waals surface area contributed by atoms with Crippen LogP contribution in [0.3, 0.4) is 0 Å². The zero-order valence-electron chi connectivity index (χ0n) is 10.1. The Morgan fingerprint density at radius 3 is 1.38 bits per heavy atom. The molecule has 0 aromatic rings. The van der Waals surface area contributed by atoms with Crippen molar-refractivity contribution in [2.75, 3.05) is 0 Å². The largest absolute Gasteiger partial charge is 0.481 e. The van der Waals surface area contributed by atoms with Gasteiger partial charge in [0.2, 0.25) is 0 Å². The molecular formula is C12H22O4. The van der Waals surface area contributed by atoms with Crippen molar-refractivity contribution in [2.45, 2.75) is 52.4 Å². The molecule has 0 rings (SSSR count). The molecule has 0 saturated heterocycles. The summed E-state index contributed by atoms with van der Waals surface area (Å²) in [7, 11) is 0. The van der Waals surface area contributed by atoms with Crippen LogP contribution in [0.25, 0.3) is 0 Å². The van der Waals surface area contributed by atoms with E-state index < -0.39 is 11.9 Å². The van der Waals surface area contributed by atoms with Crippen molar-refractivity contribution in [3.63, 3.8) is 0 Å². The number of aliphatic carboxylic acids is 2. The molecular weight excluding hydrogens is 208 g/mol. The molecule has 0 aromatic carbocycles. The van der Waals surface area contributed by atoms with Gasteiger partial charge in [0.05, 0.1) is 11.8 Å². The van der Waals surface area contributed by atoms with Crippen LogP contribution >= 0.6 is 0 Å². The maximum absolute atomic E-state index is 10.7. The zero-order chi connectivity index (χ0) is 12.6. The first-order chi connectivity index (χ1) is 7.52. The second-order valence-corrected chi connectivity index (χ2v) is 4.17. The number of carboxylic acids is 2. The maximum atomic E-state index is 10.7. The summed E-state index contributed by atoms with van der Waals surface area (Å²) in [5, 5.41) is 17.6. The highest BCUT2D eigenvalue weighted by Gasteiger charge is 2.16. The Bertz CT molecular complexity index is 201. The molecule has 0 aliphatic heterocycles. The molecule has 2 unspecified atom stereocenters. The Kier molecular flexibility index (Phi) is 7.60. The SMILES string of the molecule is CCC(CCCCC(CC)C(=O)O)C(=O)O. The molecule has 0 aliphatic carbocycles. The van der Waals surface area contributed by atoms with Gasteiger partial charge in [0.25, 0.3) is 0 Å². The highest BCUT2D eigenvalue weighted by molar-refractivity contribution is 5.70. The minimum Gasteiger partial charge on any atom is -0.481 e. The molecule has 0 aliphatic rings. The van der Waals surface area contributed by atoms with E-state index in [4.69, 9.17) is 10.2 Å². The van der Waals surface area contributed by atoms with Crippen LogP contribution in [-0.2, 0) is 9.59 Å². The molecule has 0 amide bonds. The predicted molar refractivity (Wildman–Crippen MR) is 61.3 cm³/mol. The molecule has 0 heterocycles. The third kappa shape index (κ3) is 5.73. The first-order valence-corrected chi connectivity index (χ1v) is 5.98. The van der Waals surface area contributed by atoms with Gasteiger partial charge in [-0.15, -0.1) is 0 Å². The van der Waals surface area contributed by atoms with E-state index in [0.29, 0.717) is 25.7 Å². The van der Waals surface area contributed by atoms with Gasteiger partial charge in [-0.25, -0.2) is 0 Å². The van der Waals surface area contributed by atoms with Crippen molar-refractivity contribution in [3.8, 4) is 0 Å². The third-order valence-corrected chi connectivity index (χ3v) is 3.04. The summed E-state index contributed by atoms with van der Waals surface area (Å²) >= 11 is 0. The number of carboxylic acid groups (broad SMARTS) is 2. The Labute approximate surface area is 96.7 Å². The average Bonchev–Trinajstić information content (AvgIpc) is 2.22. The van der Waals surface area contributed by atoms with Gasteiger partial charge in [-0.3, -0.25) is 9.59 Å². The Hall–Kier alpha value is -1.06. The minimum atomic E-state index is -0.743. The van der Waals surface area contributed by atoms with Gasteiger partial charge >= 0.3 is 11.9 Å². The predicted octanol–water partition coefficient (Wildman–Crippen LogP) is 2.77. The van der Waals surface area contributed by atoms with Crippen LogP contribution in [0, 0.1) is 11.8 Å². The summed E-state index contributed by atoms with van der Waals surface area (Å²) in [6.07, 6.45) is 4.20. The topological polar surface area (TPSA) is 74.6 Å². The molecule has 0 aromatic heterocycles. The van der Waals surface area contributed by atoms with E-state index in [1.807, 2.05) is 13.8 Å². The lowest BCUT2D eigenvalue weighted by Crippen LogP contribution is -2.14. The van der Waals surface area contributed by atoms with Crippen molar-refractivity contribution in [3.05, 3.63) is 0 Å². The van der Waals surface area contributed by atoms with Crippen LogP contribution in [0.5, 0.6) is 0 Å². The van der Waals surface area contributed by atoms with E-state index in [2.05, 4.69) is 0 Å². The molecule has 0 spiro atoms. The van der Waals surface area contributed by atoms with Crippen molar-refractivity contribution in [1.29, 1.82) is 0 Å². The smallest absolute Gasteiger partial charge is 0.306 e. The van der Waals surface area contributed by atoms with Crippen molar-refractivity contribution in [2.24, 2.45) is 11.8 Å². The van der Waals surface area contributed by atoms with E-state index >= 15 is 0 Å². The molecule has 2 atom stereocenters. The third-order valence-electron chi connectivity index (χ3n) is 3.04. The quantitative estimate of drug-likeness (QED) is 0.597. The fourth-order valence-electron chi connectivity index (χ4n) is 1.79. The second-order valence-electron chi connectivity index (χ2n) is 4.17. The van der Waals surface area contributed by atoms with Gasteiger partial charge < -0.3 is 10.2 Å². The molecule has 4 heteroatoms. The molecule has 16 heavy (non-hydrogen) atoms. The number of carbonyl (C=O) groups is 2. The molecule has 0 radical (unpaired) electrons. The fourth-order valence-corrected chi connectivity index (χ4v) is 1.79. The first kappa shape index (κ1) is 14.9. The molecule has 4 nitrogen and oxygen atoms in total. The Morgan fingerprint density at radius 2 is 1.19 bits per heavy atom. The van der Waals surface area contributed by atoms with Gasteiger partial charge in [0.15, 0.2) is 0 Å². The Morgan fingerprint density at radius 1 is 0.875 bits per heavy atom. The normalized spacial score (nSPS) is 14.4. The van der Waals surface area contributed by atoms with E-state index in [0.717, 1.165) is 12.8 Å². The van der Waals surface area contributed by atoms with Crippen molar-refractivity contribution < 1.29 is 19.8 Å². The number of unbranched alkanes of at least 4 members (excludes halogenated alkanes) is 1. The van der Waals surface area contributed by atoms with Crippen LogP contribution < -0.4 is 0 Å². The summed E-state index contributed by atoms with van der Waals surface area (Å²) in [5.41, 5.74) is 0. The van der Waals surface area contributed by atoms with E-state index in [1.165, 1.54) is 0 Å². The van der Waals surface area contributed by atoms with Crippen LogP contribution in [0.4, 0.5) is 0 Å². The molecule has 0 fully saturated rings. The van der Waals surface area contributed by atoms with Gasteiger partial charge in [-0.2, -0.15) is 0 Å². The van der Waals surface area contributed by atoms with Crippen LogP contribution in [0.2, 0.25) is 0 Å². The van der Waals surface area contributed by atoms with Gasteiger partial charge in [-0.1, -0.05) is 26.7 Å². The maximum Gasteiger partial charge on any atom is 0.306 e. The lowest BCUT2D eigenvalue weighted by atomic mass is 9.95. The van der Waals surface area contributed by atoms with Crippen LogP contribution in [0.1, 0.15) is 52.4 Å². The fraction of sp³-hybridized carbons (Fsp3) is 0.833. The van der Waals surface area contributed by atoms with Crippen molar-refractivity contribution >= 4 is 11.9 Å². The molecule has 0 bridgehead atoms. The Balaban J connectivity index is 3.73. The number of hydrogen-bond donors (Lipinski definition) is 2. The van der Waals surface area contributed by atoms with E-state index in [-0.39, 0.29) is 11.8 Å². The summed E-state index contributed by atoms with van der Waals surface area (Å²) in [6, 6.07) is 0. The molecule has 94 valence electrons. The summed E-state index contributed by atoms with van der Waals surface area (Å²) in [6.45, 7) is 3.73. The zero-order valence-corrected chi connectivity index (χ0v) is 10.1. The average molecular weight is 230 g/mol. The van der Waals surface area contributed by atoms with Crippen LogP contribution in [-0.4, -0.2) is 22.2 Å². The second kappa shape index (κ2) is 8.13. The highest BCUT2D eigenvalue weighted by Crippen LogP contribution is 2.17. The minimum absolute atomic E-state index is 0.273. The van der Waals surface area contributed by atoms with Gasteiger partial charge in [0.1, 0.15) is 0 Å². The standard InChI is InChI=1S/C12H22O4/c1-3-9(11(13)14)7-5-6-8-10(4-2)12(15)16/h9-10H,3-8H2,1-2H3,(H,13,14)(H,15,16). The van der Waals surface area contributed by atoms with Crippen molar-refractivity contribution in [1.82, 2.24) is 0 Å². The molecule has 2 N–H and O–H groups in total. The van der Waals surface area contributed by atoms with E-state index in [9.17, 15) is 9.59 Å². The lowest BCUT2D eigenvalue weighted by molar-refractivity contribution is -0.143.